The Kier molecular flexibility index (Phi) is 6.07. The van der Waals surface area contributed by atoms with E-state index >= 15 is 0 Å². The molecule has 1 aromatic carbocycles. The second-order valence-electron chi connectivity index (χ2n) is 6.15. The normalized spacial score (nSPS) is 13.9. The highest BCUT2D eigenvalue weighted by atomic mass is 35.5. The van der Waals surface area contributed by atoms with Gasteiger partial charge in [-0.3, -0.25) is 4.79 Å². The van der Waals surface area contributed by atoms with Crippen LogP contribution >= 0.6 is 11.6 Å². The number of carbonyl (C=O) groups is 1. The lowest BCUT2D eigenvalue weighted by atomic mass is 9.97. The lowest BCUT2D eigenvalue weighted by Gasteiger charge is -2.13. The highest BCUT2D eigenvalue weighted by Gasteiger charge is 2.08. The van der Waals surface area contributed by atoms with E-state index in [1.165, 1.54) is 31.3 Å². The van der Waals surface area contributed by atoms with Crippen LogP contribution in [0.25, 0.3) is 0 Å². The molecular formula is C20H22ClN3O. The van der Waals surface area contributed by atoms with Crippen LogP contribution in [-0.4, -0.2) is 17.4 Å². The van der Waals surface area contributed by atoms with Gasteiger partial charge in [0.15, 0.2) is 0 Å². The van der Waals surface area contributed by atoms with Crippen LogP contribution in [0.15, 0.2) is 54.2 Å². The summed E-state index contributed by atoms with van der Waals surface area (Å²) in [6, 6.07) is 11.0. The van der Waals surface area contributed by atoms with Crippen molar-refractivity contribution >= 4 is 29.0 Å². The molecule has 0 saturated heterocycles. The van der Waals surface area contributed by atoms with Gasteiger partial charge in [0.05, 0.1) is 16.3 Å². The molecule has 1 heterocycles. The molecular weight excluding hydrogens is 334 g/mol. The molecule has 0 spiro atoms. The van der Waals surface area contributed by atoms with Gasteiger partial charge in [-0.1, -0.05) is 35.4 Å². The van der Waals surface area contributed by atoms with Crippen molar-refractivity contribution < 1.29 is 4.79 Å². The van der Waals surface area contributed by atoms with Gasteiger partial charge < -0.3 is 10.6 Å². The smallest absolute Gasteiger partial charge is 0.252 e. The summed E-state index contributed by atoms with van der Waals surface area (Å²) in [5.74, 6) is 0.560. The van der Waals surface area contributed by atoms with Gasteiger partial charge >= 0.3 is 0 Å². The first-order chi connectivity index (χ1) is 12.2. The summed E-state index contributed by atoms with van der Waals surface area (Å²) in [6.45, 7) is 0.671. The minimum Gasteiger partial charge on any atom is -0.352 e. The largest absolute Gasteiger partial charge is 0.352 e. The predicted molar refractivity (Wildman–Crippen MR) is 102 cm³/mol. The van der Waals surface area contributed by atoms with Gasteiger partial charge in [0, 0.05) is 12.7 Å². The first-order valence-corrected chi connectivity index (χ1v) is 9.04. The fraction of sp³-hybridized carbons (Fsp3) is 0.300. The number of carbonyl (C=O) groups excluding carboxylic acids is 1. The topological polar surface area (TPSA) is 54.0 Å². The number of allylic oxidation sites excluding steroid dienone is 1. The van der Waals surface area contributed by atoms with Crippen LogP contribution in [0.5, 0.6) is 0 Å². The van der Waals surface area contributed by atoms with Crippen LogP contribution in [0.1, 0.15) is 42.5 Å². The lowest BCUT2D eigenvalue weighted by Crippen LogP contribution is -2.25. The van der Waals surface area contributed by atoms with Crippen LogP contribution in [0.3, 0.4) is 0 Å². The zero-order valence-corrected chi connectivity index (χ0v) is 14.9. The lowest BCUT2D eigenvalue weighted by molar-refractivity contribution is 0.0953. The fourth-order valence-corrected chi connectivity index (χ4v) is 3.06. The number of para-hydroxylation sites is 1. The average molecular weight is 356 g/mol. The molecule has 0 bridgehead atoms. The molecule has 0 fully saturated rings. The van der Waals surface area contributed by atoms with Crippen LogP contribution in [0, 0.1) is 0 Å². The molecule has 1 amide bonds. The Bertz CT molecular complexity index is 756. The van der Waals surface area contributed by atoms with Crippen molar-refractivity contribution in [1.29, 1.82) is 0 Å². The summed E-state index contributed by atoms with van der Waals surface area (Å²) in [4.78, 5) is 16.5. The molecule has 1 aliphatic carbocycles. The zero-order valence-electron chi connectivity index (χ0n) is 14.1. The van der Waals surface area contributed by atoms with Crippen LogP contribution in [0.4, 0.5) is 11.5 Å². The van der Waals surface area contributed by atoms with E-state index in [2.05, 4.69) is 21.7 Å². The van der Waals surface area contributed by atoms with Gasteiger partial charge in [-0.2, -0.15) is 0 Å². The van der Waals surface area contributed by atoms with E-state index in [-0.39, 0.29) is 5.91 Å². The van der Waals surface area contributed by atoms with Crippen molar-refractivity contribution in [2.45, 2.75) is 32.1 Å². The molecule has 2 aromatic rings. The predicted octanol–water partition coefficient (Wildman–Crippen LogP) is 5.10. The number of aromatic nitrogens is 1. The van der Waals surface area contributed by atoms with Crippen molar-refractivity contribution in [3.05, 3.63) is 64.8 Å². The summed E-state index contributed by atoms with van der Waals surface area (Å²) in [6.07, 6.45) is 9.72. The van der Waals surface area contributed by atoms with Crippen molar-refractivity contribution in [3.63, 3.8) is 0 Å². The monoisotopic (exact) mass is 355 g/mol. The Hall–Kier alpha value is -2.33. The van der Waals surface area contributed by atoms with Crippen LogP contribution < -0.4 is 10.6 Å². The van der Waals surface area contributed by atoms with Crippen molar-refractivity contribution in [3.8, 4) is 0 Å². The molecule has 0 aliphatic heterocycles. The number of halogens is 1. The maximum absolute atomic E-state index is 12.2. The Balaban J connectivity index is 1.52. The van der Waals surface area contributed by atoms with E-state index in [9.17, 15) is 4.79 Å². The fourth-order valence-electron chi connectivity index (χ4n) is 2.87. The summed E-state index contributed by atoms with van der Waals surface area (Å²) in [5, 5.41) is 6.73. The zero-order chi connectivity index (χ0) is 17.5. The number of hydrogen-bond acceptors (Lipinski definition) is 3. The summed E-state index contributed by atoms with van der Waals surface area (Å²) >= 11 is 6.12. The van der Waals surface area contributed by atoms with E-state index in [1.807, 2.05) is 24.3 Å². The van der Waals surface area contributed by atoms with Gasteiger partial charge in [-0.25, -0.2) is 4.98 Å². The second-order valence-corrected chi connectivity index (χ2v) is 6.56. The van der Waals surface area contributed by atoms with Gasteiger partial charge in [0.2, 0.25) is 0 Å². The Morgan fingerprint density at radius 2 is 2.04 bits per heavy atom. The number of amides is 1. The maximum Gasteiger partial charge on any atom is 0.252 e. The summed E-state index contributed by atoms with van der Waals surface area (Å²) < 4.78 is 0. The molecule has 0 atom stereocenters. The van der Waals surface area contributed by atoms with Gasteiger partial charge in [-0.15, -0.1) is 0 Å². The van der Waals surface area contributed by atoms with Gasteiger partial charge in [-0.05, 0) is 56.4 Å². The highest BCUT2D eigenvalue weighted by Crippen LogP contribution is 2.24. The molecule has 0 radical (unpaired) electrons. The summed E-state index contributed by atoms with van der Waals surface area (Å²) in [5.41, 5.74) is 2.81. The third kappa shape index (κ3) is 5.07. The minimum absolute atomic E-state index is 0.0896. The number of benzene rings is 1. The molecule has 1 aromatic heterocycles. The first-order valence-electron chi connectivity index (χ1n) is 8.66. The molecule has 3 rings (SSSR count). The van der Waals surface area contributed by atoms with E-state index in [0.717, 1.165) is 12.1 Å². The van der Waals surface area contributed by atoms with Crippen LogP contribution in [0.2, 0.25) is 5.02 Å². The quantitative estimate of drug-likeness (QED) is 0.709. The van der Waals surface area contributed by atoms with E-state index in [0.29, 0.717) is 22.9 Å². The van der Waals surface area contributed by atoms with Crippen molar-refractivity contribution in [2.75, 3.05) is 11.9 Å². The molecule has 2 N–H and O–H groups in total. The van der Waals surface area contributed by atoms with E-state index < -0.39 is 0 Å². The highest BCUT2D eigenvalue weighted by molar-refractivity contribution is 6.33. The van der Waals surface area contributed by atoms with Gasteiger partial charge in [0.25, 0.3) is 5.91 Å². The third-order valence-electron chi connectivity index (χ3n) is 4.28. The van der Waals surface area contributed by atoms with Crippen LogP contribution in [-0.2, 0) is 0 Å². The number of nitrogens with one attached hydrogen (secondary N) is 2. The van der Waals surface area contributed by atoms with Gasteiger partial charge in [0.1, 0.15) is 5.82 Å². The van der Waals surface area contributed by atoms with Crippen molar-refractivity contribution in [1.82, 2.24) is 10.3 Å². The first kappa shape index (κ1) is 17.5. The minimum atomic E-state index is -0.0896. The summed E-state index contributed by atoms with van der Waals surface area (Å²) in [7, 11) is 0. The number of hydrogen-bond donors (Lipinski definition) is 2. The standard InChI is InChI=1S/C20H22ClN3O/c21-17-8-4-5-9-18(17)24-19-11-10-16(14-23-19)20(25)22-13-12-15-6-2-1-3-7-15/h4-6,8-11,14H,1-3,7,12-13H2,(H,22,25)(H,23,24). The molecule has 130 valence electrons. The molecule has 0 unspecified atom stereocenters. The third-order valence-corrected chi connectivity index (χ3v) is 4.61. The molecule has 0 saturated carbocycles. The van der Waals surface area contributed by atoms with E-state index in [4.69, 9.17) is 11.6 Å². The Labute approximate surface area is 153 Å². The molecule has 25 heavy (non-hydrogen) atoms. The second kappa shape index (κ2) is 8.67. The van der Waals surface area contributed by atoms with Crippen molar-refractivity contribution in [2.24, 2.45) is 0 Å². The number of rotatable bonds is 6. The Morgan fingerprint density at radius 3 is 2.76 bits per heavy atom. The maximum atomic E-state index is 12.2. The van der Waals surface area contributed by atoms with E-state index in [1.54, 1.807) is 18.3 Å². The number of nitrogens with zero attached hydrogens (tertiary/aromatic N) is 1. The number of anilines is 2. The SMILES string of the molecule is O=C(NCCC1=CCCCC1)c1ccc(Nc2ccccc2Cl)nc1. The number of pyridine rings is 1. The molecule has 5 heteroatoms. The average Bonchev–Trinajstić information content (AvgIpc) is 2.65. The molecule has 4 nitrogen and oxygen atoms in total. The Morgan fingerprint density at radius 1 is 1.16 bits per heavy atom. The molecule has 1 aliphatic rings.